The van der Waals surface area contributed by atoms with Gasteiger partial charge in [0.05, 0.1) is 5.56 Å². The number of hydrogen-bond donors (Lipinski definition) is 0. The summed E-state index contributed by atoms with van der Waals surface area (Å²) in [5.41, 5.74) is -1.64. The van der Waals surface area contributed by atoms with E-state index in [0.717, 1.165) is 0 Å². The molecule has 0 radical (unpaired) electrons. The smallest absolute Gasteiger partial charge is 0.406 e. The molecule has 0 bridgehead atoms. The third-order valence-electron chi connectivity index (χ3n) is 3.79. The average molecular weight is 407 g/mol. The highest BCUT2D eigenvalue weighted by atomic mass is 79.9. The fourth-order valence-corrected chi connectivity index (χ4v) is 2.87. The zero-order chi connectivity index (χ0) is 18.2. The van der Waals surface area contributed by atoms with Crippen molar-refractivity contribution in [1.29, 1.82) is 0 Å². The summed E-state index contributed by atoms with van der Waals surface area (Å²) >= 11 is 3.26. The number of carbonyl (C=O) groups is 2. The lowest BCUT2D eigenvalue weighted by atomic mass is 9.93. The van der Waals surface area contributed by atoms with Crippen molar-refractivity contribution in [2.24, 2.45) is 0 Å². The normalized spacial score (nSPS) is 18.4. The summed E-state index contributed by atoms with van der Waals surface area (Å²) in [5, 5.41) is 11.0. The highest BCUT2D eigenvalue weighted by Gasteiger charge is 2.55. The molecule has 1 atom stereocenters. The first-order chi connectivity index (χ1) is 11.9. The van der Waals surface area contributed by atoms with E-state index < -0.39 is 28.1 Å². The Balaban J connectivity index is 1.96. The second-order valence-electron chi connectivity index (χ2n) is 5.22. The van der Waals surface area contributed by atoms with Gasteiger partial charge in [-0.2, -0.15) is 0 Å². The number of ether oxygens (including phenoxy) is 2. The van der Waals surface area contributed by atoms with Crippen LogP contribution in [-0.4, -0.2) is 27.3 Å². The van der Waals surface area contributed by atoms with Crippen LogP contribution in [0.2, 0.25) is 0 Å². The van der Waals surface area contributed by atoms with Crippen LogP contribution in [0.25, 0.3) is 0 Å². The zero-order valence-corrected chi connectivity index (χ0v) is 14.5. The molecule has 2 aromatic rings. The Labute approximate surface area is 150 Å². The van der Waals surface area contributed by atoms with Gasteiger partial charge in [-0.3, -0.25) is 4.79 Å². The maximum Gasteiger partial charge on any atom is 0.406 e. The molecule has 0 amide bonds. The molecule has 0 fully saturated rings. The van der Waals surface area contributed by atoms with Gasteiger partial charge < -0.3 is 19.6 Å². The molecule has 128 valence electrons. The van der Waals surface area contributed by atoms with E-state index in [4.69, 9.17) is 9.47 Å². The second-order valence-corrected chi connectivity index (χ2v) is 6.14. The number of fused-ring (bicyclic) bond motifs is 1. The number of pyridine rings is 1. The Hall–Kier alpha value is -2.81. The van der Waals surface area contributed by atoms with E-state index in [1.165, 1.54) is 18.3 Å². The van der Waals surface area contributed by atoms with Crippen LogP contribution in [0.3, 0.4) is 0 Å². The van der Waals surface area contributed by atoms with Crippen molar-refractivity contribution in [2.45, 2.75) is 18.9 Å². The minimum absolute atomic E-state index is 0.00499. The molecule has 25 heavy (non-hydrogen) atoms. The molecule has 8 nitrogen and oxygen atoms in total. The van der Waals surface area contributed by atoms with Crippen LogP contribution in [0.4, 0.5) is 5.82 Å². The first-order valence-electron chi connectivity index (χ1n) is 7.24. The highest BCUT2D eigenvalue weighted by molar-refractivity contribution is 9.10. The van der Waals surface area contributed by atoms with Gasteiger partial charge in [-0.05, 0) is 40.2 Å². The molecule has 0 aliphatic carbocycles. The summed E-state index contributed by atoms with van der Waals surface area (Å²) in [6, 6.07) is 7.41. The molecule has 0 spiro atoms. The van der Waals surface area contributed by atoms with Crippen LogP contribution >= 0.6 is 15.9 Å². The topological polar surface area (TPSA) is 109 Å². The van der Waals surface area contributed by atoms with Gasteiger partial charge in [0.25, 0.3) is 5.60 Å². The predicted octanol–water partition coefficient (Wildman–Crippen LogP) is 3.08. The van der Waals surface area contributed by atoms with Gasteiger partial charge in [-0.15, -0.1) is 0 Å². The lowest BCUT2D eigenvalue weighted by Gasteiger charge is -2.23. The number of nitrogens with zero attached hydrogens (tertiary/aromatic N) is 2. The van der Waals surface area contributed by atoms with Crippen LogP contribution < -0.4 is 9.47 Å². The number of rotatable bonds is 4. The second kappa shape index (κ2) is 6.25. The monoisotopic (exact) mass is 406 g/mol. The third-order valence-corrected chi connectivity index (χ3v) is 4.28. The number of nitro groups is 1. The summed E-state index contributed by atoms with van der Waals surface area (Å²) < 4.78 is 11.4. The van der Waals surface area contributed by atoms with Crippen LogP contribution in [0.1, 0.15) is 23.7 Å². The van der Waals surface area contributed by atoms with Gasteiger partial charge in [0.2, 0.25) is 11.5 Å². The quantitative estimate of drug-likeness (QED) is 0.332. The van der Waals surface area contributed by atoms with Crippen molar-refractivity contribution in [3.05, 3.63) is 56.7 Å². The van der Waals surface area contributed by atoms with Crippen molar-refractivity contribution in [1.82, 2.24) is 4.98 Å². The Morgan fingerprint density at radius 3 is 2.88 bits per heavy atom. The predicted molar refractivity (Wildman–Crippen MR) is 88.6 cm³/mol. The van der Waals surface area contributed by atoms with Crippen LogP contribution in [0, 0.1) is 10.1 Å². The fourth-order valence-electron chi connectivity index (χ4n) is 2.51. The van der Waals surface area contributed by atoms with Gasteiger partial charge in [0.1, 0.15) is 11.9 Å². The van der Waals surface area contributed by atoms with E-state index in [1.807, 2.05) is 0 Å². The van der Waals surface area contributed by atoms with Crippen molar-refractivity contribution in [2.75, 3.05) is 0 Å². The molecule has 9 heteroatoms. The minimum Gasteiger partial charge on any atom is -0.466 e. The molecule has 1 aliphatic rings. The Morgan fingerprint density at radius 2 is 2.20 bits per heavy atom. The largest absolute Gasteiger partial charge is 0.466 e. The van der Waals surface area contributed by atoms with E-state index in [-0.39, 0.29) is 23.5 Å². The lowest BCUT2D eigenvalue weighted by molar-refractivity contribution is -0.390. The van der Waals surface area contributed by atoms with Crippen LogP contribution in [0.15, 0.2) is 41.0 Å². The average Bonchev–Trinajstić information content (AvgIpc) is 2.88. The Kier molecular flexibility index (Phi) is 4.25. The van der Waals surface area contributed by atoms with E-state index in [9.17, 15) is 19.7 Å². The standard InChI is InChI=1S/C16H11BrN2O6/c1-2-16(13(20)10-8-9(17)5-6-11(10)25-16)15(21)24-12-4-3-7-18-14(12)19(22)23/h3-8H,2H2,1H3. The maximum absolute atomic E-state index is 12.8. The molecule has 0 saturated heterocycles. The van der Waals surface area contributed by atoms with Crippen molar-refractivity contribution < 1.29 is 24.0 Å². The van der Waals surface area contributed by atoms with Crippen molar-refractivity contribution >= 4 is 33.5 Å². The van der Waals surface area contributed by atoms with Gasteiger partial charge in [-0.25, -0.2) is 4.79 Å². The lowest BCUT2D eigenvalue weighted by Crippen LogP contribution is -2.50. The molecule has 1 aliphatic heterocycles. The third kappa shape index (κ3) is 2.76. The molecule has 0 saturated carbocycles. The summed E-state index contributed by atoms with van der Waals surface area (Å²) in [4.78, 5) is 39.2. The fraction of sp³-hybridized carbons (Fsp3) is 0.188. The summed E-state index contributed by atoms with van der Waals surface area (Å²) in [6.45, 7) is 1.59. The van der Waals surface area contributed by atoms with Crippen molar-refractivity contribution in [3.8, 4) is 11.5 Å². The number of ketones is 1. The molecule has 2 heterocycles. The van der Waals surface area contributed by atoms with Crippen molar-refractivity contribution in [3.63, 3.8) is 0 Å². The Morgan fingerprint density at radius 1 is 1.44 bits per heavy atom. The van der Waals surface area contributed by atoms with Gasteiger partial charge in [-0.1, -0.05) is 22.9 Å². The van der Waals surface area contributed by atoms with Gasteiger partial charge in [0, 0.05) is 10.9 Å². The number of benzene rings is 1. The summed E-state index contributed by atoms with van der Waals surface area (Å²) in [7, 11) is 0. The van der Waals surface area contributed by atoms with E-state index in [1.54, 1.807) is 25.1 Å². The SMILES string of the molecule is CCC1(C(=O)Oc2cccnc2[N+](=O)[O-])Oc2ccc(Br)cc2C1=O. The number of Topliss-reactive ketones (excluding diaryl/α,β-unsaturated/α-hetero) is 1. The zero-order valence-electron chi connectivity index (χ0n) is 12.9. The maximum atomic E-state index is 12.8. The molecular formula is C16H11BrN2O6. The van der Waals surface area contributed by atoms with Gasteiger partial charge in [0.15, 0.2) is 0 Å². The molecule has 3 rings (SSSR count). The highest BCUT2D eigenvalue weighted by Crippen LogP contribution is 2.39. The number of hydrogen-bond acceptors (Lipinski definition) is 7. The number of aromatic nitrogens is 1. The number of carbonyl (C=O) groups excluding carboxylic acids is 2. The van der Waals surface area contributed by atoms with E-state index in [0.29, 0.717) is 4.47 Å². The minimum atomic E-state index is -1.88. The number of esters is 1. The van der Waals surface area contributed by atoms with E-state index in [2.05, 4.69) is 20.9 Å². The Bertz CT molecular complexity index is 900. The van der Waals surface area contributed by atoms with Gasteiger partial charge >= 0.3 is 11.8 Å². The van der Waals surface area contributed by atoms with Crippen LogP contribution in [-0.2, 0) is 4.79 Å². The van der Waals surface area contributed by atoms with E-state index >= 15 is 0 Å². The number of halogens is 1. The molecule has 1 aromatic heterocycles. The first kappa shape index (κ1) is 17.0. The van der Waals surface area contributed by atoms with Crippen LogP contribution in [0.5, 0.6) is 11.5 Å². The molecule has 0 N–H and O–H groups in total. The first-order valence-corrected chi connectivity index (χ1v) is 8.03. The molecular weight excluding hydrogens is 396 g/mol. The summed E-state index contributed by atoms with van der Waals surface area (Å²) in [6.07, 6.45) is 1.21. The molecule has 1 aromatic carbocycles. The molecule has 1 unspecified atom stereocenters. The summed E-state index contributed by atoms with van der Waals surface area (Å²) in [5.74, 6) is -2.29.